The Morgan fingerprint density at radius 3 is 2.66 bits per heavy atom. The van der Waals surface area contributed by atoms with Gasteiger partial charge in [-0.1, -0.05) is 41.6 Å². The molecule has 6 nitrogen and oxygen atoms in total. The highest BCUT2D eigenvalue weighted by Gasteiger charge is 2.49. The number of hydrogen-bond donors (Lipinski definition) is 0. The van der Waals surface area contributed by atoms with E-state index in [9.17, 15) is 13.2 Å². The molecule has 2 atom stereocenters. The average molecular weight is 451 g/mol. The van der Waals surface area contributed by atoms with Gasteiger partial charge in [-0.25, -0.2) is 8.42 Å². The number of nitrogens with zero attached hydrogens (tertiary/aromatic N) is 2. The summed E-state index contributed by atoms with van der Waals surface area (Å²) in [5.41, 5.74) is 1.87. The molecule has 2 aliphatic heterocycles. The Labute approximate surface area is 178 Å². The number of anilines is 1. The highest BCUT2D eigenvalue weighted by atomic mass is 35.5. The van der Waals surface area contributed by atoms with E-state index in [2.05, 4.69) is 4.99 Å². The Hall–Kier alpha value is -2.03. The molecule has 0 aliphatic carbocycles. The first-order valence-electron chi connectivity index (χ1n) is 9.04. The first-order valence-corrected chi connectivity index (χ1v) is 12.1. The molecule has 29 heavy (non-hydrogen) atoms. The second kappa shape index (κ2) is 8.01. The summed E-state index contributed by atoms with van der Waals surface area (Å²) in [5, 5.41) is 0.971. The lowest BCUT2D eigenvalue weighted by Crippen LogP contribution is -2.38. The summed E-state index contributed by atoms with van der Waals surface area (Å²) < 4.78 is 29.8. The standard InChI is InChI=1S/C20H19ClN2O4S2/c1-13-4-2-3-5-16(13)23-17-11-29(25,26)12-18(17)28-20(23)22-19(24)10-27-15-8-6-14(21)7-9-15/h2-9,17-18H,10-12H2,1H3/t17-,18+/m0/s1. The van der Waals surface area contributed by atoms with Crippen molar-refractivity contribution in [3.63, 3.8) is 0 Å². The Kier molecular flexibility index (Phi) is 5.59. The smallest absolute Gasteiger partial charge is 0.285 e. The molecule has 2 aromatic rings. The van der Waals surface area contributed by atoms with E-state index in [0.717, 1.165) is 11.3 Å². The van der Waals surface area contributed by atoms with Gasteiger partial charge in [-0.3, -0.25) is 4.79 Å². The van der Waals surface area contributed by atoms with Crippen LogP contribution in [0.2, 0.25) is 5.02 Å². The van der Waals surface area contributed by atoms with Gasteiger partial charge in [0.2, 0.25) is 0 Å². The van der Waals surface area contributed by atoms with E-state index in [0.29, 0.717) is 15.9 Å². The van der Waals surface area contributed by atoms with Gasteiger partial charge in [0.05, 0.1) is 17.5 Å². The van der Waals surface area contributed by atoms with Gasteiger partial charge in [0.15, 0.2) is 21.6 Å². The fourth-order valence-electron chi connectivity index (χ4n) is 3.49. The summed E-state index contributed by atoms with van der Waals surface area (Å²) in [6.45, 7) is 1.75. The number of carbonyl (C=O) groups excluding carboxylic acids is 1. The zero-order valence-electron chi connectivity index (χ0n) is 15.6. The van der Waals surface area contributed by atoms with Crippen molar-refractivity contribution >= 4 is 50.0 Å². The molecule has 0 bridgehead atoms. The van der Waals surface area contributed by atoms with Crippen LogP contribution in [-0.4, -0.2) is 48.9 Å². The predicted molar refractivity (Wildman–Crippen MR) is 117 cm³/mol. The summed E-state index contributed by atoms with van der Waals surface area (Å²) in [4.78, 5) is 18.6. The van der Waals surface area contributed by atoms with Gasteiger partial charge in [0, 0.05) is 16.0 Å². The number of amides is 1. The molecule has 0 N–H and O–H groups in total. The molecule has 2 heterocycles. The maximum atomic E-state index is 12.5. The molecular formula is C20H19ClN2O4S2. The van der Waals surface area contributed by atoms with E-state index >= 15 is 0 Å². The number of ether oxygens (including phenoxy) is 1. The molecule has 2 aliphatic rings. The first-order chi connectivity index (χ1) is 13.8. The van der Waals surface area contributed by atoms with Gasteiger partial charge < -0.3 is 9.64 Å². The predicted octanol–water partition coefficient (Wildman–Crippen LogP) is 3.33. The number of thioether (sulfide) groups is 1. The van der Waals surface area contributed by atoms with Gasteiger partial charge in [0.1, 0.15) is 5.75 Å². The average Bonchev–Trinajstić information content (AvgIpc) is 3.13. The van der Waals surface area contributed by atoms with Crippen LogP contribution < -0.4 is 9.64 Å². The van der Waals surface area contributed by atoms with Crippen LogP contribution in [0.15, 0.2) is 53.5 Å². The lowest BCUT2D eigenvalue weighted by atomic mass is 10.1. The molecule has 0 radical (unpaired) electrons. The van der Waals surface area contributed by atoms with E-state index < -0.39 is 15.7 Å². The number of carbonyl (C=O) groups is 1. The number of aliphatic imine (C=N–C) groups is 1. The maximum absolute atomic E-state index is 12.5. The van der Waals surface area contributed by atoms with Crippen molar-refractivity contribution in [1.29, 1.82) is 0 Å². The number of hydrogen-bond acceptors (Lipinski definition) is 5. The van der Waals surface area contributed by atoms with Crippen LogP contribution in [0.25, 0.3) is 0 Å². The molecular weight excluding hydrogens is 432 g/mol. The quantitative estimate of drug-likeness (QED) is 0.711. The molecule has 0 unspecified atom stereocenters. The van der Waals surface area contributed by atoms with Crippen LogP contribution in [0.3, 0.4) is 0 Å². The van der Waals surface area contributed by atoms with Crippen LogP contribution >= 0.6 is 23.4 Å². The summed E-state index contributed by atoms with van der Waals surface area (Å²) in [7, 11) is -3.10. The third-order valence-corrected chi connectivity index (χ3v) is 8.30. The summed E-state index contributed by atoms with van der Waals surface area (Å²) in [5.74, 6) is 0.261. The van der Waals surface area contributed by atoms with Crippen molar-refractivity contribution in [3.05, 3.63) is 59.1 Å². The van der Waals surface area contributed by atoms with E-state index in [1.807, 2.05) is 36.1 Å². The Morgan fingerprint density at radius 1 is 1.21 bits per heavy atom. The van der Waals surface area contributed by atoms with Crippen molar-refractivity contribution in [2.75, 3.05) is 23.0 Å². The van der Waals surface area contributed by atoms with E-state index in [4.69, 9.17) is 16.3 Å². The third-order valence-electron chi connectivity index (χ3n) is 4.84. The first kappa shape index (κ1) is 20.3. The lowest BCUT2D eigenvalue weighted by molar-refractivity contribution is -0.119. The minimum atomic E-state index is -3.10. The second-order valence-corrected chi connectivity index (χ2v) is 10.8. The normalized spacial score (nSPS) is 23.9. The Morgan fingerprint density at radius 2 is 1.93 bits per heavy atom. The number of amidine groups is 1. The third kappa shape index (κ3) is 4.44. The minimum Gasteiger partial charge on any atom is -0.484 e. The Balaban J connectivity index is 1.57. The molecule has 0 spiro atoms. The number of rotatable bonds is 4. The van der Waals surface area contributed by atoms with Crippen molar-refractivity contribution in [1.82, 2.24) is 0 Å². The molecule has 0 saturated carbocycles. The van der Waals surface area contributed by atoms with Crippen molar-refractivity contribution in [3.8, 4) is 5.75 Å². The summed E-state index contributed by atoms with van der Waals surface area (Å²) >= 11 is 7.20. The second-order valence-electron chi connectivity index (χ2n) is 6.99. The SMILES string of the molecule is Cc1ccccc1N1C(=NC(=O)COc2ccc(Cl)cc2)S[C@@H]2CS(=O)(=O)C[C@@H]21. The van der Waals surface area contributed by atoms with E-state index in [1.54, 1.807) is 24.3 Å². The summed E-state index contributed by atoms with van der Waals surface area (Å²) in [6, 6.07) is 14.2. The van der Waals surface area contributed by atoms with E-state index in [1.165, 1.54) is 11.8 Å². The molecule has 4 rings (SSSR count). The van der Waals surface area contributed by atoms with Gasteiger partial charge in [-0.05, 0) is 42.8 Å². The fourth-order valence-corrected chi connectivity index (χ4v) is 7.54. The van der Waals surface area contributed by atoms with Crippen LogP contribution in [-0.2, 0) is 14.6 Å². The fraction of sp³-hybridized carbons (Fsp3) is 0.300. The molecule has 2 fully saturated rings. The van der Waals surface area contributed by atoms with Gasteiger partial charge in [0.25, 0.3) is 5.91 Å². The number of para-hydroxylation sites is 1. The van der Waals surface area contributed by atoms with Gasteiger partial charge in [-0.15, -0.1) is 0 Å². The number of benzene rings is 2. The molecule has 1 amide bonds. The largest absolute Gasteiger partial charge is 0.484 e. The number of fused-ring (bicyclic) bond motifs is 1. The van der Waals surface area contributed by atoms with Gasteiger partial charge >= 0.3 is 0 Å². The molecule has 2 aromatic carbocycles. The van der Waals surface area contributed by atoms with E-state index in [-0.39, 0.29) is 29.4 Å². The lowest BCUT2D eigenvalue weighted by Gasteiger charge is -2.26. The number of halogens is 1. The van der Waals surface area contributed by atoms with Gasteiger partial charge in [-0.2, -0.15) is 4.99 Å². The number of sulfone groups is 1. The number of aryl methyl sites for hydroxylation is 1. The zero-order chi connectivity index (χ0) is 20.6. The monoisotopic (exact) mass is 450 g/mol. The molecule has 152 valence electrons. The summed E-state index contributed by atoms with van der Waals surface area (Å²) in [6.07, 6.45) is 0. The molecule has 2 saturated heterocycles. The van der Waals surface area contributed by atoms with Crippen LogP contribution in [0.4, 0.5) is 5.69 Å². The van der Waals surface area contributed by atoms with Crippen LogP contribution in [0.5, 0.6) is 5.75 Å². The molecule has 9 heteroatoms. The zero-order valence-corrected chi connectivity index (χ0v) is 18.0. The minimum absolute atomic E-state index is 0.0630. The van der Waals surface area contributed by atoms with Crippen LogP contribution in [0, 0.1) is 6.92 Å². The van der Waals surface area contributed by atoms with Crippen LogP contribution in [0.1, 0.15) is 5.56 Å². The topological polar surface area (TPSA) is 76.0 Å². The van der Waals surface area contributed by atoms with Crippen molar-refractivity contribution in [2.45, 2.75) is 18.2 Å². The highest BCUT2D eigenvalue weighted by molar-refractivity contribution is 8.16. The highest BCUT2D eigenvalue weighted by Crippen LogP contribution is 2.41. The molecule has 0 aromatic heterocycles. The van der Waals surface area contributed by atoms with Crippen molar-refractivity contribution in [2.24, 2.45) is 4.99 Å². The Bertz CT molecular complexity index is 1070. The van der Waals surface area contributed by atoms with Crippen molar-refractivity contribution < 1.29 is 17.9 Å². The maximum Gasteiger partial charge on any atom is 0.285 e.